The second kappa shape index (κ2) is 7.17. The highest BCUT2D eigenvalue weighted by atomic mass is 16.5. The number of anilines is 1. The van der Waals surface area contributed by atoms with Crippen LogP contribution in [0.2, 0.25) is 0 Å². The molecule has 0 radical (unpaired) electrons. The van der Waals surface area contributed by atoms with Crippen molar-refractivity contribution in [3.05, 3.63) is 48.4 Å². The predicted octanol–water partition coefficient (Wildman–Crippen LogP) is 4.34. The van der Waals surface area contributed by atoms with Crippen LogP contribution < -0.4 is 10.5 Å². The molecule has 0 spiro atoms. The molecule has 1 aromatic carbocycles. The number of nitrogen functional groups attached to an aromatic ring is 1. The summed E-state index contributed by atoms with van der Waals surface area (Å²) in [5, 5.41) is 0. The predicted molar refractivity (Wildman–Crippen MR) is 94.7 cm³/mol. The zero-order valence-electron chi connectivity index (χ0n) is 14.0. The fourth-order valence-electron chi connectivity index (χ4n) is 2.72. The maximum atomic E-state index is 5.98. The number of unbranched alkanes of at least 4 members (excludes halogenated alkanes) is 1. The van der Waals surface area contributed by atoms with E-state index in [0.717, 1.165) is 53.1 Å². The highest BCUT2D eigenvalue weighted by Crippen LogP contribution is 2.32. The van der Waals surface area contributed by atoms with Gasteiger partial charge in [-0.1, -0.05) is 13.3 Å². The highest BCUT2D eigenvalue weighted by Gasteiger charge is 2.17. The quantitative estimate of drug-likeness (QED) is 0.730. The van der Waals surface area contributed by atoms with Crippen molar-refractivity contribution in [2.24, 2.45) is 0 Å². The lowest BCUT2D eigenvalue weighted by molar-refractivity contribution is 0.415. The summed E-state index contributed by atoms with van der Waals surface area (Å²) in [4.78, 5) is 8.99. The summed E-state index contributed by atoms with van der Waals surface area (Å²) in [5.74, 6) is 1.07. The van der Waals surface area contributed by atoms with Crippen molar-refractivity contribution in [3.63, 3.8) is 0 Å². The molecule has 0 bridgehead atoms. The Morgan fingerprint density at radius 2 is 1.75 bits per heavy atom. The van der Waals surface area contributed by atoms with Gasteiger partial charge in [-0.15, -0.1) is 0 Å². The van der Waals surface area contributed by atoms with Gasteiger partial charge in [0.1, 0.15) is 5.75 Å². The Hall–Kier alpha value is -2.82. The van der Waals surface area contributed by atoms with Gasteiger partial charge in [-0.25, -0.2) is 9.97 Å². The average molecular weight is 323 g/mol. The molecule has 0 aliphatic carbocycles. The Morgan fingerprint density at radius 3 is 2.33 bits per heavy atom. The topological polar surface area (TPSA) is 74.2 Å². The van der Waals surface area contributed by atoms with Crippen molar-refractivity contribution in [2.45, 2.75) is 26.2 Å². The Bertz CT molecular complexity index is 796. The smallest absolute Gasteiger partial charge is 0.221 e. The molecule has 0 aliphatic rings. The molecule has 0 atom stereocenters. The largest absolute Gasteiger partial charge is 0.497 e. The number of benzene rings is 1. The summed E-state index contributed by atoms with van der Waals surface area (Å²) < 4.78 is 10.5. The normalized spacial score (nSPS) is 10.8. The molecule has 0 saturated carbocycles. The molecule has 0 aliphatic heterocycles. The van der Waals surface area contributed by atoms with Gasteiger partial charge < -0.3 is 14.9 Å². The van der Waals surface area contributed by atoms with Crippen LogP contribution in [-0.4, -0.2) is 17.1 Å². The zero-order chi connectivity index (χ0) is 16.9. The SMILES string of the molecule is CCCCc1c(-c2ccc(OC)cc2)nc(N)nc1-c1ccoc1. The van der Waals surface area contributed by atoms with E-state index in [4.69, 9.17) is 14.9 Å². The maximum Gasteiger partial charge on any atom is 0.221 e. The average Bonchev–Trinajstić information content (AvgIpc) is 3.14. The summed E-state index contributed by atoms with van der Waals surface area (Å²) >= 11 is 0. The van der Waals surface area contributed by atoms with Gasteiger partial charge in [0.2, 0.25) is 5.95 Å². The van der Waals surface area contributed by atoms with Crippen molar-refractivity contribution >= 4 is 5.95 Å². The summed E-state index contributed by atoms with van der Waals surface area (Å²) in [6, 6.07) is 9.74. The van der Waals surface area contributed by atoms with Gasteiger partial charge in [0, 0.05) is 16.7 Å². The van der Waals surface area contributed by atoms with E-state index in [1.807, 2.05) is 30.3 Å². The van der Waals surface area contributed by atoms with Crippen molar-refractivity contribution < 1.29 is 9.15 Å². The molecule has 0 unspecified atom stereocenters. The molecular weight excluding hydrogens is 302 g/mol. The summed E-state index contributed by atoms with van der Waals surface area (Å²) in [6.07, 6.45) is 6.37. The van der Waals surface area contributed by atoms with Crippen molar-refractivity contribution in [1.29, 1.82) is 0 Å². The molecule has 0 saturated heterocycles. The van der Waals surface area contributed by atoms with Gasteiger partial charge in [-0.3, -0.25) is 0 Å². The van der Waals surface area contributed by atoms with E-state index in [-0.39, 0.29) is 5.95 Å². The first-order chi connectivity index (χ1) is 11.7. The lowest BCUT2D eigenvalue weighted by atomic mass is 9.97. The molecular formula is C19H21N3O2. The van der Waals surface area contributed by atoms with Crippen LogP contribution in [0.15, 0.2) is 47.3 Å². The number of aromatic nitrogens is 2. The lowest BCUT2D eigenvalue weighted by Gasteiger charge is -2.14. The highest BCUT2D eigenvalue weighted by molar-refractivity contribution is 5.74. The van der Waals surface area contributed by atoms with Crippen LogP contribution in [0.5, 0.6) is 5.75 Å². The van der Waals surface area contributed by atoms with E-state index in [1.165, 1.54) is 0 Å². The number of ether oxygens (including phenoxy) is 1. The minimum absolute atomic E-state index is 0.261. The molecule has 5 heteroatoms. The van der Waals surface area contributed by atoms with E-state index < -0.39 is 0 Å². The van der Waals surface area contributed by atoms with Crippen molar-refractivity contribution in [1.82, 2.24) is 9.97 Å². The van der Waals surface area contributed by atoms with Gasteiger partial charge in [0.25, 0.3) is 0 Å². The first-order valence-electron chi connectivity index (χ1n) is 8.06. The summed E-state index contributed by atoms with van der Waals surface area (Å²) in [6.45, 7) is 2.17. The molecule has 3 aromatic rings. The van der Waals surface area contributed by atoms with E-state index in [2.05, 4.69) is 16.9 Å². The van der Waals surface area contributed by atoms with Gasteiger partial charge >= 0.3 is 0 Å². The van der Waals surface area contributed by atoms with Crippen molar-refractivity contribution in [3.8, 4) is 28.3 Å². The van der Waals surface area contributed by atoms with E-state index in [1.54, 1.807) is 19.6 Å². The third kappa shape index (κ3) is 3.25. The molecule has 5 nitrogen and oxygen atoms in total. The third-order valence-corrected chi connectivity index (χ3v) is 3.96. The van der Waals surface area contributed by atoms with Crippen LogP contribution in [-0.2, 0) is 6.42 Å². The monoisotopic (exact) mass is 323 g/mol. The van der Waals surface area contributed by atoms with Crippen LogP contribution >= 0.6 is 0 Å². The van der Waals surface area contributed by atoms with Gasteiger partial charge in [-0.2, -0.15) is 0 Å². The standard InChI is InChI=1S/C19H21N3O2/c1-3-4-5-16-17(13-6-8-15(23-2)9-7-13)21-19(20)22-18(16)14-10-11-24-12-14/h6-12H,3-5H2,1-2H3,(H2,20,21,22). The number of hydrogen-bond acceptors (Lipinski definition) is 5. The first kappa shape index (κ1) is 16.1. The Kier molecular flexibility index (Phi) is 4.79. The van der Waals surface area contributed by atoms with Crippen molar-refractivity contribution in [2.75, 3.05) is 12.8 Å². The van der Waals surface area contributed by atoms with Gasteiger partial charge in [0.15, 0.2) is 0 Å². The molecule has 2 aromatic heterocycles. The molecule has 124 valence electrons. The Labute approximate surface area is 141 Å². The van der Waals surface area contributed by atoms with E-state index in [9.17, 15) is 0 Å². The maximum absolute atomic E-state index is 5.98. The molecule has 24 heavy (non-hydrogen) atoms. The van der Waals surface area contributed by atoms with Gasteiger partial charge in [-0.05, 0) is 43.2 Å². The summed E-state index contributed by atoms with van der Waals surface area (Å²) in [5.41, 5.74) is 10.7. The number of hydrogen-bond donors (Lipinski definition) is 1. The lowest BCUT2D eigenvalue weighted by Crippen LogP contribution is -2.05. The molecule has 2 N–H and O–H groups in total. The third-order valence-electron chi connectivity index (χ3n) is 3.96. The van der Waals surface area contributed by atoms with Crippen LogP contribution in [0.25, 0.3) is 22.5 Å². The van der Waals surface area contributed by atoms with Crippen LogP contribution in [0, 0.1) is 0 Å². The Balaban J connectivity index is 2.15. The number of rotatable bonds is 6. The number of methoxy groups -OCH3 is 1. The number of furan rings is 1. The van der Waals surface area contributed by atoms with Crippen LogP contribution in [0.3, 0.4) is 0 Å². The number of nitrogens with two attached hydrogens (primary N) is 1. The zero-order valence-corrected chi connectivity index (χ0v) is 14.0. The van der Waals surface area contributed by atoms with Crippen LogP contribution in [0.1, 0.15) is 25.3 Å². The molecule has 3 rings (SSSR count). The fraction of sp³-hybridized carbons (Fsp3) is 0.263. The second-order valence-electron chi connectivity index (χ2n) is 5.60. The van der Waals surface area contributed by atoms with Crippen LogP contribution in [0.4, 0.5) is 5.95 Å². The molecule has 0 fully saturated rings. The Morgan fingerprint density at radius 1 is 1.04 bits per heavy atom. The minimum Gasteiger partial charge on any atom is -0.497 e. The van der Waals surface area contributed by atoms with Gasteiger partial charge in [0.05, 0.1) is 31.0 Å². The first-order valence-corrected chi connectivity index (χ1v) is 8.06. The molecule has 0 amide bonds. The minimum atomic E-state index is 0.261. The summed E-state index contributed by atoms with van der Waals surface area (Å²) in [7, 11) is 1.65. The molecule has 2 heterocycles. The fourth-order valence-corrected chi connectivity index (χ4v) is 2.72. The number of nitrogens with zero attached hydrogens (tertiary/aromatic N) is 2. The van der Waals surface area contributed by atoms with E-state index in [0.29, 0.717) is 0 Å². The second-order valence-corrected chi connectivity index (χ2v) is 5.60. The van der Waals surface area contributed by atoms with E-state index >= 15 is 0 Å².